The van der Waals surface area contributed by atoms with Crippen LogP contribution in [0.5, 0.6) is 0 Å². The van der Waals surface area contributed by atoms with Crippen LogP contribution in [0.1, 0.15) is 56.9 Å². The molecule has 0 radical (unpaired) electrons. The number of aryl methyl sites for hydroxylation is 1. The van der Waals surface area contributed by atoms with Crippen LogP contribution in [0.25, 0.3) is 0 Å². The average Bonchev–Trinajstić information content (AvgIpc) is 2.94. The van der Waals surface area contributed by atoms with E-state index in [-0.39, 0.29) is 17.7 Å². The molecule has 0 aliphatic heterocycles. The van der Waals surface area contributed by atoms with E-state index in [0.29, 0.717) is 38.5 Å². The summed E-state index contributed by atoms with van der Waals surface area (Å²) in [6, 6.07) is 10.1. The molecule has 156 valence electrons. The Labute approximate surface area is 168 Å². The molecule has 0 spiro atoms. The number of hydrogen-bond donors (Lipinski definition) is 4. The number of nitrogens with two attached hydrogens (primary N) is 1. The first kappa shape index (κ1) is 22.6. The van der Waals surface area contributed by atoms with Crippen molar-refractivity contribution in [1.82, 2.24) is 0 Å². The lowest BCUT2D eigenvalue weighted by molar-refractivity contribution is -0.118. The van der Waals surface area contributed by atoms with Crippen molar-refractivity contribution >= 4 is 5.91 Å². The molecule has 0 bridgehead atoms. The second kappa shape index (κ2) is 12.0. The van der Waals surface area contributed by atoms with Gasteiger partial charge in [0.25, 0.3) is 0 Å². The Hall–Kier alpha value is -1.69. The summed E-state index contributed by atoms with van der Waals surface area (Å²) in [5.74, 6) is -0.256. The number of aliphatic hydroxyl groups excluding tert-OH is 3. The van der Waals surface area contributed by atoms with E-state index in [2.05, 4.69) is 12.1 Å². The molecule has 28 heavy (non-hydrogen) atoms. The third-order valence-electron chi connectivity index (χ3n) is 5.83. The summed E-state index contributed by atoms with van der Waals surface area (Å²) in [6.07, 6.45) is 8.58. The van der Waals surface area contributed by atoms with Gasteiger partial charge in [-0.15, -0.1) is 0 Å². The molecule has 1 aliphatic carbocycles. The minimum atomic E-state index is -0.510. The lowest BCUT2D eigenvalue weighted by atomic mass is 9.85. The maximum atomic E-state index is 10.7. The van der Waals surface area contributed by atoms with E-state index in [1.165, 1.54) is 5.56 Å². The van der Waals surface area contributed by atoms with Crippen LogP contribution in [0.2, 0.25) is 0 Å². The Balaban J connectivity index is 1.74. The van der Waals surface area contributed by atoms with Gasteiger partial charge in [-0.3, -0.25) is 4.79 Å². The van der Waals surface area contributed by atoms with Crippen molar-refractivity contribution in [2.24, 2.45) is 17.6 Å². The number of hydrogen-bond acceptors (Lipinski definition) is 4. The summed E-state index contributed by atoms with van der Waals surface area (Å²) in [6.45, 7) is 0. The summed E-state index contributed by atoms with van der Waals surface area (Å²) in [5.41, 5.74) is 6.35. The molecule has 5 nitrogen and oxygen atoms in total. The number of carbonyl (C=O) groups is 1. The van der Waals surface area contributed by atoms with Crippen LogP contribution in [0, 0.1) is 11.8 Å². The third-order valence-corrected chi connectivity index (χ3v) is 5.83. The minimum Gasteiger partial charge on any atom is -0.393 e. The van der Waals surface area contributed by atoms with E-state index in [1.54, 1.807) is 0 Å². The molecule has 1 saturated carbocycles. The fourth-order valence-electron chi connectivity index (χ4n) is 4.18. The summed E-state index contributed by atoms with van der Waals surface area (Å²) in [4.78, 5) is 10.7. The second-order valence-corrected chi connectivity index (χ2v) is 8.02. The number of aliphatic hydroxyl groups is 3. The normalized spacial score (nSPS) is 26.0. The number of carbonyl (C=O) groups excluding carboxylic acids is 1. The predicted molar refractivity (Wildman–Crippen MR) is 110 cm³/mol. The zero-order valence-electron chi connectivity index (χ0n) is 16.6. The highest BCUT2D eigenvalue weighted by Crippen LogP contribution is 2.38. The average molecular weight is 390 g/mol. The Morgan fingerprint density at radius 2 is 1.82 bits per heavy atom. The van der Waals surface area contributed by atoms with Gasteiger partial charge in [-0.25, -0.2) is 0 Å². The number of allylic oxidation sites excluding steroid dienone is 2. The lowest BCUT2D eigenvalue weighted by Crippen LogP contribution is -2.23. The minimum absolute atomic E-state index is 0.0108. The third kappa shape index (κ3) is 7.74. The van der Waals surface area contributed by atoms with E-state index in [9.17, 15) is 20.1 Å². The molecule has 5 unspecified atom stereocenters. The van der Waals surface area contributed by atoms with Gasteiger partial charge in [0.1, 0.15) is 0 Å². The van der Waals surface area contributed by atoms with Crippen molar-refractivity contribution in [3.63, 3.8) is 0 Å². The predicted octanol–water partition coefficient (Wildman–Crippen LogP) is 2.72. The van der Waals surface area contributed by atoms with Crippen LogP contribution in [0.3, 0.4) is 0 Å². The summed E-state index contributed by atoms with van der Waals surface area (Å²) in [5, 5.41) is 31.0. The monoisotopic (exact) mass is 389 g/mol. The van der Waals surface area contributed by atoms with Crippen LogP contribution in [-0.2, 0) is 11.2 Å². The maximum absolute atomic E-state index is 10.7. The highest BCUT2D eigenvalue weighted by atomic mass is 16.3. The van der Waals surface area contributed by atoms with Gasteiger partial charge in [0.05, 0.1) is 18.3 Å². The maximum Gasteiger partial charge on any atom is 0.217 e. The van der Waals surface area contributed by atoms with Gasteiger partial charge in [-0.05, 0) is 68.8 Å². The Morgan fingerprint density at radius 1 is 1.11 bits per heavy atom. The van der Waals surface area contributed by atoms with E-state index >= 15 is 0 Å². The molecule has 5 atom stereocenters. The molecule has 2 rings (SSSR count). The quantitative estimate of drug-likeness (QED) is 0.326. The SMILES string of the molecule is NC(=O)CCCC=CCC1C(O)CC(O)C1CCC(O)CCc1ccccc1. The number of unbranched alkanes of at least 4 members (excludes halogenated alkanes) is 1. The van der Waals surface area contributed by atoms with Crippen LogP contribution in [0.4, 0.5) is 0 Å². The molecule has 1 aromatic carbocycles. The molecule has 0 aromatic heterocycles. The molecule has 1 aliphatic rings. The number of benzene rings is 1. The van der Waals surface area contributed by atoms with Gasteiger partial charge in [0, 0.05) is 6.42 Å². The largest absolute Gasteiger partial charge is 0.393 e. The van der Waals surface area contributed by atoms with Crippen LogP contribution in [0.15, 0.2) is 42.5 Å². The van der Waals surface area contributed by atoms with Crippen molar-refractivity contribution < 1.29 is 20.1 Å². The zero-order chi connectivity index (χ0) is 20.4. The van der Waals surface area contributed by atoms with Crippen molar-refractivity contribution in [2.75, 3.05) is 0 Å². The lowest BCUT2D eigenvalue weighted by Gasteiger charge is -2.23. The van der Waals surface area contributed by atoms with Gasteiger partial charge in [-0.2, -0.15) is 0 Å². The van der Waals surface area contributed by atoms with Crippen molar-refractivity contribution in [3.05, 3.63) is 48.0 Å². The van der Waals surface area contributed by atoms with Gasteiger partial charge >= 0.3 is 0 Å². The Morgan fingerprint density at radius 3 is 2.54 bits per heavy atom. The van der Waals surface area contributed by atoms with E-state index in [0.717, 1.165) is 19.3 Å². The van der Waals surface area contributed by atoms with E-state index in [1.807, 2.05) is 30.4 Å². The van der Waals surface area contributed by atoms with Gasteiger partial charge in [0.15, 0.2) is 0 Å². The highest BCUT2D eigenvalue weighted by Gasteiger charge is 2.40. The molecular weight excluding hydrogens is 354 g/mol. The number of rotatable bonds is 12. The van der Waals surface area contributed by atoms with Crippen LogP contribution in [-0.4, -0.2) is 39.5 Å². The summed E-state index contributed by atoms with van der Waals surface area (Å²) >= 11 is 0. The first-order chi connectivity index (χ1) is 13.5. The van der Waals surface area contributed by atoms with E-state index in [4.69, 9.17) is 5.73 Å². The first-order valence-corrected chi connectivity index (χ1v) is 10.5. The standard InChI is InChI=1S/C23H35NO4/c24-23(28)11-7-2-1-6-10-19-20(22(27)16-21(19)26)15-14-18(25)13-12-17-8-4-3-5-9-17/h1,3-6,8-9,18-22,25-27H,2,7,10-16H2,(H2,24,28). The first-order valence-electron chi connectivity index (χ1n) is 10.5. The number of primary amides is 1. The molecular formula is C23H35NO4. The fourth-order valence-corrected chi connectivity index (χ4v) is 4.18. The smallest absolute Gasteiger partial charge is 0.217 e. The Kier molecular flexibility index (Phi) is 9.68. The van der Waals surface area contributed by atoms with E-state index < -0.39 is 18.3 Å². The topological polar surface area (TPSA) is 104 Å². The molecule has 0 heterocycles. The van der Waals surface area contributed by atoms with Crippen molar-refractivity contribution in [1.29, 1.82) is 0 Å². The van der Waals surface area contributed by atoms with Crippen molar-refractivity contribution in [2.45, 2.75) is 76.1 Å². The van der Waals surface area contributed by atoms with Gasteiger partial charge in [0.2, 0.25) is 5.91 Å². The fraction of sp³-hybridized carbons (Fsp3) is 0.609. The van der Waals surface area contributed by atoms with Crippen LogP contribution < -0.4 is 5.73 Å². The van der Waals surface area contributed by atoms with Gasteiger partial charge < -0.3 is 21.1 Å². The van der Waals surface area contributed by atoms with Crippen molar-refractivity contribution in [3.8, 4) is 0 Å². The van der Waals surface area contributed by atoms with Crippen LogP contribution >= 0.6 is 0 Å². The summed E-state index contributed by atoms with van der Waals surface area (Å²) in [7, 11) is 0. The number of amides is 1. The zero-order valence-corrected chi connectivity index (χ0v) is 16.6. The summed E-state index contributed by atoms with van der Waals surface area (Å²) < 4.78 is 0. The Bertz CT molecular complexity index is 604. The van der Waals surface area contributed by atoms with Gasteiger partial charge in [-0.1, -0.05) is 42.5 Å². The molecule has 0 saturated heterocycles. The second-order valence-electron chi connectivity index (χ2n) is 8.02. The molecule has 1 fully saturated rings. The highest BCUT2D eigenvalue weighted by molar-refractivity contribution is 5.73. The molecule has 1 aromatic rings. The molecule has 5 N–H and O–H groups in total. The molecule has 1 amide bonds. The molecule has 5 heteroatoms.